The summed E-state index contributed by atoms with van der Waals surface area (Å²) in [5, 5.41) is 0.997. The number of benzene rings is 1. The SMILES string of the molecule is CCN(CCCN(C)C)CC(=O)c1cc(Cl)ccc1Cl. The normalized spacial score (nSPS) is 11.3. The van der Waals surface area contributed by atoms with Crippen LogP contribution in [0.1, 0.15) is 23.7 Å². The molecule has 0 heterocycles. The summed E-state index contributed by atoms with van der Waals surface area (Å²) in [6.45, 7) is 5.20. The van der Waals surface area contributed by atoms with Crippen LogP contribution in [0.2, 0.25) is 10.0 Å². The standard InChI is InChI=1S/C15H22Cl2N2O/c1-4-19(9-5-8-18(2)3)11-15(20)13-10-12(16)6-7-14(13)17/h6-7,10H,4-5,8-9,11H2,1-3H3. The lowest BCUT2D eigenvalue weighted by atomic mass is 10.1. The van der Waals surface area contributed by atoms with Crippen molar-refractivity contribution in [1.82, 2.24) is 9.80 Å². The van der Waals surface area contributed by atoms with Gasteiger partial charge in [-0.05, 0) is 58.3 Å². The third kappa shape index (κ3) is 5.80. The van der Waals surface area contributed by atoms with Crippen LogP contribution in [0.3, 0.4) is 0 Å². The zero-order valence-corrected chi connectivity index (χ0v) is 13.8. The second kappa shape index (κ2) is 8.63. The highest BCUT2D eigenvalue weighted by Gasteiger charge is 2.14. The highest BCUT2D eigenvalue weighted by Crippen LogP contribution is 2.21. The fourth-order valence-corrected chi connectivity index (χ4v) is 2.35. The van der Waals surface area contributed by atoms with Gasteiger partial charge in [-0.15, -0.1) is 0 Å². The van der Waals surface area contributed by atoms with Gasteiger partial charge in [-0.2, -0.15) is 0 Å². The predicted molar refractivity (Wildman–Crippen MR) is 86.1 cm³/mol. The van der Waals surface area contributed by atoms with Crippen LogP contribution < -0.4 is 0 Å². The monoisotopic (exact) mass is 316 g/mol. The fraction of sp³-hybridized carbons (Fsp3) is 0.533. The van der Waals surface area contributed by atoms with Crippen molar-refractivity contribution >= 4 is 29.0 Å². The molecule has 5 heteroatoms. The summed E-state index contributed by atoms with van der Waals surface area (Å²) in [6.07, 6.45) is 1.04. The summed E-state index contributed by atoms with van der Waals surface area (Å²) >= 11 is 12.0. The summed E-state index contributed by atoms with van der Waals surface area (Å²) in [6, 6.07) is 4.99. The van der Waals surface area contributed by atoms with Crippen LogP contribution in [0.4, 0.5) is 0 Å². The lowest BCUT2D eigenvalue weighted by molar-refractivity contribution is 0.0932. The number of carbonyl (C=O) groups excluding carboxylic acids is 1. The largest absolute Gasteiger partial charge is 0.309 e. The van der Waals surface area contributed by atoms with Gasteiger partial charge >= 0.3 is 0 Å². The fourth-order valence-electron chi connectivity index (χ4n) is 1.96. The van der Waals surface area contributed by atoms with Crippen LogP contribution in [0.25, 0.3) is 0 Å². The van der Waals surface area contributed by atoms with Crippen molar-refractivity contribution in [2.75, 3.05) is 40.3 Å². The van der Waals surface area contributed by atoms with Crippen molar-refractivity contribution in [2.24, 2.45) is 0 Å². The maximum Gasteiger partial charge on any atom is 0.178 e. The number of carbonyl (C=O) groups is 1. The number of likely N-dealkylation sites (N-methyl/N-ethyl adjacent to an activating group) is 1. The molecule has 20 heavy (non-hydrogen) atoms. The minimum Gasteiger partial charge on any atom is -0.309 e. The Hall–Kier alpha value is -0.610. The number of Topliss-reactive ketones (excluding diaryl/α,β-unsaturated/α-hetero) is 1. The van der Waals surface area contributed by atoms with E-state index < -0.39 is 0 Å². The molecule has 1 aromatic rings. The number of nitrogens with zero attached hydrogens (tertiary/aromatic N) is 2. The molecular formula is C15H22Cl2N2O. The average molecular weight is 317 g/mol. The molecule has 0 aliphatic rings. The van der Waals surface area contributed by atoms with Crippen molar-refractivity contribution in [1.29, 1.82) is 0 Å². The molecule has 0 unspecified atom stereocenters. The molecule has 0 N–H and O–H groups in total. The highest BCUT2D eigenvalue weighted by atomic mass is 35.5. The number of hydrogen-bond acceptors (Lipinski definition) is 3. The maximum atomic E-state index is 12.3. The highest BCUT2D eigenvalue weighted by molar-refractivity contribution is 6.36. The van der Waals surface area contributed by atoms with Crippen LogP contribution in [-0.2, 0) is 0 Å². The second-order valence-electron chi connectivity index (χ2n) is 5.07. The van der Waals surface area contributed by atoms with E-state index in [2.05, 4.69) is 16.7 Å². The molecule has 1 rings (SSSR count). The Balaban J connectivity index is 2.60. The molecule has 112 valence electrons. The first kappa shape index (κ1) is 17.4. The van der Waals surface area contributed by atoms with Crippen molar-refractivity contribution in [3.05, 3.63) is 33.8 Å². The summed E-state index contributed by atoms with van der Waals surface area (Å²) in [5.74, 6) is 0.0178. The molecule has 0 aliphatic carbocycles. The number of hydrogen-bond donors (Lipinski definition) is 0. The molecule has 0 amide bonds. The van der Waals surface area contributed by atoms with Gasteiger partial charge in [-0.25, -0.2) is 0 Å². The molecule has 0 bridgehead atoms. The van der Waals surface area contributed by atoms with E-state index in [1.165, 1.54) is 0 Å². The van der Waals surface area contributed by atoms with Gasteiger partial charge in [0, 0.05) is 10.6 Å². The Morgan fingerprint density at radius 1 is 1.20 bits per heavy atom. The number of halogens is 2. The summed E-state index contributed by atoms with van der Waals surface area (Å²) < 4.78 is 0. The van der Waals surface area contributed by atoms with E-state index >= 15 is 0 Å². The molecule has 0 aromatic heterocycles. The molecule has 1 aromatic carbocycles. The van der Waals surface area contributed by atoms with Gasteiger partial charge in [0.25, 0.3) is 0 Å². The minimum atomic E-state index is 0.0178. The van der Waals surface area contributed by atoms with Crippen LogP contribution in [0.5, 0.6) is 0 Å². The Morgan fingerprint density at radius 2 is 1.90 bits per heavy atom. The van der Waals surface area contributed by atoms with E-state index in [4.69, 9.17) is 23.2 Å². The summed E-state index contributed by atoms with van der Waals surface area (Å²) in [7, 11) is 4.10. The van der Waals surface area contributed by atoms with Crippen LogP contribution >= 0.6 is 23.2 Å². The van der Waals surface area contributed by atoms with Crippen molar-refractivity contribution in [3.63, 3.8) is 0 Å². The Bertz CT molecular complexity index is 449. The van der Waals surface area contributed by atoms with E-state index in [0.29, 0.717) is 22.2 Å². The number of ketones is 1. The van der Waals surface area contributed by atoms with Gasteiger partial charge in [0.15, 0.2) is 5.78 Å². The third-order valence-corrected chi connectivity index (χ3v) is 3.69. The Labute approximate surface area is 131 Å². The average Bonchev–Trinajstić information content (AvgIpc) is 2.39. The van der Waals surface area contributed by atoms with Gasteiger partial charge in [0.2, 0.25) is 0 Å². The first-order valence-electron chi connectivity index (χ1n) is 6.79. The van der Waals surface area contributed by atoms with E-state index in [1.807, 2.05) is 14.1 Å². The molecule has 3 nitrogen and oxygen atoms in total. The smallest absolute Gasteiger partial charge is 0.178 e. The van der Waals surface area contributed by atoms with E-state index in [1.54, 1.807) is 18.2 Å². The third-order valence-electron chi connectivity index (χ3n) is 3.12. The molecule has 0 aliphatic heterocycles. The number of rotatable bonds is 8. The lowest BCUT2D eigenvalue weighted by Crippen LogP contribution is -2.32. The molecule has 0 atom stereocenters. The summed E-state index contributed by atoms with van der Waals surface area (Å²) in [4.78, 5) is 16.6. The topological polar surface area (TPSA) is 23.6 Å². The van der Waals surface area contributed by atoms with Crippen LogP contribution in [0, 0.1) is 0 Å². The van der Waals surface area contributed by atoms with Gasteiger partial charge in [0.05, 0.1) is 11.6 Å². The van der Waals surface area contributed by atoms with Gasteiger partial charge in [-0.3, -0.25) is 9.69 Å². The maximum absolute atomic E-state index is 12.3. The van der Waals surface area contributed by atoms with Gasteiger partial charge in [0.1, 0.15) is 0 Å². The van der Waals surface area contributed by atoms with E-state index in [9.17, 15) is 4.79 Å². The van der Waals surface area contributed by atoms with Gasteiger partial charge in [-0.1, -0.05) is 30.1 Å². The molecule has 0 saturated heterocycles. The first-order chi connectivity index (χ1) is 9.43. The lowest BCUT2D eigenvalue weighted by Gasteiger charge is -2.20. The summed E-state index contributed by atoms with van der Waals surface area (Å²) in [5.41, 5.74) is 0.505. The Kier molecular flexibility index (Phi) is 7.52. The molecule has 0 fully saturated rings. The predicted octanol–water partition coefficient (Wildman–Crippen LogP) is 3.45. The molecular weight excluding hydrogens is 295 g/mol. The quantitative estimate of drug-likeness (QED) is 0.686. The molecule has 0 spiro atoms. The van der Waals surface area contributed by atoms with E-state index in [0.717, 1.165) is 26.1 Å². The second-order valence-corrected chi connectivity index (χ2v) is 5.92. The van der Waals surface area contributed by atoms with Gasteiger partial charge < -0.3 is 4.90 Å². The minimum absolute atomic E-state index is 0.0178. The van der Waals surface area contributed by atoms with E-state index in [-0.39, 0.29) is 5.78 Å². The van der Waals surface area contributed by atoms with Crippen LogP contribution in [0.15, 0.2) is 18.2 Å². The van der Waals surface area contributed by atoms with Crippen molar-refractivity contribution in [2.45, 2.75) is 13.3 Å². The van der Waals surface area contributed by atoms with Crippen molar-refractivity contribution < 1.29 is 4.79 Å². The zero-order valence-electron chi connectivity index (χ0n) is 12.3. The van der Waals surface area contributed by atoms with Crippen molar-refractivity contribution in [3.8, 4) is 0 Å². The van der Waals surface area contributed by atoms with Crippen LogP contribution in [-0.4, -0.2) is 55.9 Å². The Morgan fingerprint density at radius 3 is 2.50 bits per heavy atom. The first-order valence-corrected chi connectivity index (χ1v) is 7.55. The molecule has 0 saturated carbocycles. The zero-order chi connectivity index (χ0) is 15.1. The molecule has 0 radical (unpaired) electrons.